The van der Waals surface area contributed by atoms with Crippen molar-refractivity contribution in [2.45, 2.75) is 19.4 Å². The molecule has 3 heteroatoms. The van der Waals surface area contributed by atoms with Crippen LogP contribution < -0.4 is 0 Å². The van der Waals surface area contributed by atoms with Gasteiger partial charge in [-0.25, -0.2) is 0 Å². The van der Waals surface area contributed by atoms with E-state index >= 15 is 0 Å². The molecule has 2 heterocycles. The minimum absolute atomic E-state index is 0.0192. The Labute approximate surface area is 129 Å². The van der Waals surface area contributed by atoms with Crippen LogP contribution in [0.15, 0.2) is 48.5 Å². The van der Waals surface area contributed by atoms with Crippen LogP contribution in [0.2, 0.25) is 0 Å². The molecule has 0 bridgehead atoms. The average Bonchev–Trinajstić information content (AvgIpc) is 2.93. The summed E-state index contributed by atoms with van der Waals surface area (Å²) in [6.45, 7) is 2.84. The van der Waals surface area contributed by atoms with Crippen molar-refractivity contribution in [1.82, 2.24) is 9.88 Å². The van der Waals surface area contributed by atoms with E-state index in [1.54, 1.807) is 0 Å². The Morgan fingerprint density at radius 2 is 1.91 bits per heavy atom. The monoisotopic (exact) mass is 290 g/mol. The van der Waals surface area contributed by atoms with Crippen molar-refractivity contribution in [3.05, 3.63) is 70.9 Å². The van der Waals surface area contributed by atoms with Crippen LogP contribution in [0.5, 0.6) is 0 Å². The molecular formula is C19H18N2O. The number of aromatic nitrogens is 1. The van der Waals surface area contributed by atoms with Crippen molar-refractivity contribution in [2.24, 2.45) is 0 Å². The number of rotatable bonds is 2. The van der Waals surface area contributed by atoms with Crippen LogP contribution in [0.4, 0.5) is 0 Å². The van der Waals surface area contributed by atoms with Crippen molar-refractivity contribution in [1.29, 1.82) is 0 Å². The number of amides is 1. The maximum Gasteiger partial charge on any atom is 0.210 e. The van der Waals surface area contributed by atoms with Gasteiger partial charge in [0.2, 0.25) is 6.41 Å². The van der Waals surface area contributed by atoms with E-state index < -0.39 is 0 Å². The molecular weight excluding hydrogens is 272 g/mol. The lowest BCUT2D eigenvalue weighted by Crippen LogP contribution is -2.34. The van der Waals surface area contributed by atoms with Crippen LogP contribution in [0.1, 0.15) is 28.4 Å². The van der Waals surface area contributed by atoms with Gasteiger partial charge in [0.25, 0.3) is 0 Å². The summed E-state index contributed by atoms with van der Waals surface area (Å²) in [4.78, 5) is 17.0. The molecule has 1 N–H and O–H groups in total. The molecule has 1 aliphatic rings. The minimum atomic E-state index is -0.0192. The van der Waals surface area contributed by atoms with Gasteiger partial charge < -0.3 is 9.88 Å². The van der Waals surface area contributed by atoms with E-state index in [9.17, 15) is 4.79 Å². The van der Waals surface area contributed by atoms with Gasteiger partial charge in [-0.2, -0.15) is 0 Å². The fourth-order valence-corrected chi connectivity index (χ4v) is 3.48. The summed E-state index contributed by atoms with van der Waals surface area (Å²) < 4.78 is 0. The molecule has 3 nitrogen and oxygen atoms in total. The number of aromatic amines is 1. The first-order valence-electron chi connectivity index (χ1n) is 7.65. The third kappa shape index (κ3) is 1.93. The highest BCUT2D eigenvalue weighted by atomic mass is 16.1. The maximum atomic E-state index is 11.5. The van der Waals surface area contributed by atoms with Crippen molar-refractivity contribution in [3.8, 4) is 0 Å². The van der Waals surface area contributed by atoms with E-state index in [1.165, 1.54) is 16.5 Å². The zero-order valence-corrected chi connectivity index (χ0v) is 12.5. The number of nitrogens with one attached hydrogen (secondary N) is 1. The Morgan fingerprint density at radius 3 is 2.68 bits per heavy atom. The first-order valence-corrected chi connectivity index (χ1v) is 7.65. The van der Waals surface area contributed by atoms with Gasteiger partial charge in [-0.3, -0.25) is 4.79 Å². The van der Waals surface area contributed by atoms with Crippen LogP contribution in [0.3, 0.4) is 0 Å². The molecule has 1 atom stereocenters. The summed E-state index contributed by atoms with van der Waals surface area (Å²) in [7, 11) is 0. The third-order valence-electron chi connectivity index (χ3n) is 4.60. The molecule has 2 aromatic carbocycles. The molecule has 1 aromatic heterocycles. The van der Waals surface area contributed by atoms with E-state index in [0.717, 1.165) is 36.1 Å². The number of H-pyrrole nitrogens is 1. The molecule has 0 aliphatic carbocycles. The lowest BCUT2D eigenvalue weighted by Gasteiger charge is -2.33. The molecule has 1 unspecified atom stereocenters. The summed E-state index contributed by atoms with van der Waals surface area (Å²) in [5.74, 6) is 0. The van der Waals surface area contributed by atoms with Crippen molar-refractivity contribution in [2.75, 3.05) is 6.54 Å². The average molecular weight is 290 g/mol. The number of nitrogens with zero attached hydrogens (tertiary/aromatic N) is 1. The van der Waals surface area contributed by atoms with Crippen LogP contribution in [-0.2, 0) is 11.2 Å². The summed E-state index contributed by atoms with van der Waals surface area (Å²) in [6.07, 6.45) is 1.87. The number of para-hydroxylation sites is 1. The number of benzene rings is 2. The molecule has 0 fully saturated rings. The minimum Gasteiger partial charge on any atom is -0.356 e. The Morgan fingerprint density at radius 1 is 1.14 bits per heavy atom. The number of carbonyl (C=O) groups is 1. The van der Waals surface area contributed by atoms with E-state index in [2.05, 4.69) is 54.4 Å². The van der Waals surface area contributed by atoms with Crippen LogP contribution >= 0.6 is 0 Å². The number of hydrogen-bond acceptors (Lipinski definition) is 1. The van der Waals surface area contributed by atoms with Crippen LogP contribution in [0.25, 0.3) is 10.9 Å². The zero-order chi connectivity index (χ0) is 15.1. The van der Waals surface area contributed by atoms with Crippen molar-refractivity contribution >= 4 is 17.3 Å². The van der Waals surface area contributed by atoms with E-state index in [4.69, 9.17) is 0 Å². The molecule has 3 aromatic rings. The standard InChI is InChI=1S/C19H18N2O/c1-13-6-8-14(9-7-13)19-18-16(10-11-21(19)12-22)15-4-2-3-5-17(15)20-18/h2-9,12,19-20H,10-11H2,1H3. The number of fused-ring (bicyclic) bond motifs is 3. The van der Waals surface area contributed by atoms with Gasteiger partial charge in [0, 0.05) is 23.1 Å². The highest BCUT2D eigenvalue weighted by Crippen LogP contribution is 2.37. The maximum absolute atomic E-state index is 11.5. The molecule has 0 saturated heterocycles. The third-order valence-corrected chi connectivity index (χ3v) is 4.60. The Bertz CT molecular complexity index is 832. The predicted octanol–water partition coefficient (Wildman–Crippen LogP) is 3.58. The first-order chi connectivity index (χ1) is 10.8. The SMILES string of the molecule is Cc1ccc(C2c3[nH]c4ccccc4c3CCN2C=O)cc1. The molecule has 0 radical (unpaired) electrons. The van der Waals surface area contributed by atoms with Crippen LogP contribution in [0, 0.1) is 6.92 Å². The van der Waals surface area contributed by atoms with Gasteiger partial charge in [-0.1, -0.05) is 48.0 Å². The fraction of sp³-hybridized carbons (Fsp3) is 0.211. The molecule has 1 amide bonds. The molecule has 22 heavy (non-hydrogen) atoms. The second-order valence-corrected chi connectivity index (χ2v) is 5.97. The van der Waals surface area contributed by atoms with Gasteiger partial charge in [-0.05, 0) is 30.5 Å². The van der Waals surface area contributed by atoms with Crippen LogP contribution in [-0.4, -0.2) is 22.8 Å². The van der Waals surface area contributed by atoms with Crippen molar-refractivity contribution < 1.29 is 4.79 Å². The molecule has 1 aliphatic heterocycles. The van der Waals surface area contributed by atoms with Gasteiger partial charge in [0.05, 0.1) is 6.04 Å². The number of aryl methyl sites for hydroxylation is 1. The molecule has 0 spiro atoms. The van der Waals surface area contributed by atoms with Gasteiger partial charge in [0.15, 0.2) is 0 Å². The summed E-state index contributed by atoms with van der Waals surface area (Å²) in [6, 6.07) is 16.8. The second kappa shape index (κ2) is 5.02. The quantitative estimate of drug-likeness (QED) is 0.719. The zero-order valence-electron chi connectivity index (χ0n) is 12.5. The van der Waals surface area contributed by atoms with E-state index in [-0.39, 0.29) is 6.04 Å². The summed E-state index contributed by atoms with van der Waals surface area (Å²) in [5.41, 5.74) is 6.04. The van der Waals surface area contributed by atoms with Gasteiger partial charge in [-0.15, -0.1) is 0 Å². The lowest BCUT2D eigenvalue weighted by molar-refractivity contribution is -0.120. The van der Waals surface area contributed by atoms with Gasteiger partial charge >= 0.3 is 0 Å². The highest BCUT2D eigenvalue weighted by Gasteiger charge is 2.30. The Balaban J connectivity index is 1.92. The molecule has 4 rings (SSSR count). The summed E-state index contributed by atoms with van der Waals surface area (Å²) >= 11 is 0. The topological polar surface area (TPSA) is 36.1 Å². The van der Waals surface area contributed by atoms with Crippen molar-refractivity contribution in [3.63, 3.8) is 0 Å². The van der Waals surface area contributed by atoms with Gasteiger partial charge in [0.1, 0.15) is 0 Å². The lowest BCUT2D eigenvalue weighted by atomic mass is 9.92. The number of hydrogen-bond donors (Lipinski definition) is 1. The van der Waals surface area contributed by atoms with E-state index in [0.29, 0.717) is 0 Å². The predicted molar refractivity (Wildman–Crippen MR) is 87.8 cm³/mol. The Hall–Kier alpha value is -2.55. The summed E-state index contributed by atoms with van der Waals surface area (Å²) in [5, 5.41) is 1.28. The smallest absolute Gasteiger partial charge is 0.210 e. The number of carbonyl (C=O) groups excluding carboxylic acids is 1. The second-order valence-electron chi connectivity index (χ2n) is 5.97. The fourth-order valence-electron chi connectivity index (χ4n) is 3.48. The highest BCUT2D eigenvalue weighted by molar-refractivity contribution is 5.85. The largest absolute Gasteiger partial charge is 0.356 e. The van der Waals surface area contributed by atoms with E-state index in [1.807, 2.05) is 11.0 Å². The molecule has 0 saturated carbocycles. The normalized spacial score (nSPS) is 17.5. The molecule has 110 valence electrons. The first kappa shape index (κ1) is 13.1. The Kier molecular flexibility index (Phi) is 3.00.